The van der Waals surface area contributed by atoms with Crippen LogP contribution in [0.5, 0.6) is 0 Å². The van der Waals surface area contributed by atoms with Crippen molar-refractivity contribution in [3.8, 4) is 0 Å². The lowest BCUT2D eigenvalue weighted by molar-refractivity contribution is -0.0923. The van der Waals surface area contributed by atoms with E-state index in [2.05, 4.69) is 4.98 Å². The van der Waals surface area contributed by atoms with Gasteiger partial charge in [0, 0.05) is 34.6 Å². The Morgan fingerprint density at radius 1 is 1.12 bits per heavy atom. The number of rotatable bonds is 6. The average Bonchev–Trinajstić information content (AvgIpc) is 2.75. The van der Waals surface area contributed by atoms with E-state index in [1.54, 1.807) is 6.07 Å². The predicted octanol–water partition coefficient (Wildman–Crippen LogP) is 3.40. The number of aromatic amines is 1. The zero-order chi connectivity index (χ0) is 22.9. The summed E-state index contributed by atoms with van der Waals surface area (Å²) in [5.41, 5.74) is 2.82. The summed E-state index contributed by atoms with van der Waals surface area (Å²) >= 11 is 5.94. The van der Waals surface area contributed by atoms with Gasteiger partial charge >= 0.3 is 0 Å². The van der Waals surface area contributed by atoms with Gasteiger partial charge < -0.3 is 14.5 Å². The molecule has 0 radical (unpaired) electrons. The summed E-state index contributed by atoms with van der Waals surface area (Å²) < 4.78 is 39.4. The summed E-state index contributed by atoms with van der Waals surface area (Å²) in [7, 11) is -3.92. The molecule has 2 heterocycles. The second kappa shape index (κ2) is 9.33. The van der Waals surface area contributed by atoms with Gasteiger partial charge in [0.1, 0.15) is 0 Å². The highest BCUT2D eigenvalue weighted by Gasteiger charge is 2.30. The summed E-state index contributed by atoms with van der Waals surface area (Å²) in [6.07, 6.45) is -0.422. The minimum absolute atomic E-state index is 0.0648. The fourth-order valence-corrected chi connectivity index (χ4v) is 5.47. The zero-order valence-corrected chi connectivity index (χ0v) is 19.5. The maximum Gasteiger partial charge on any atom is 0.252 e. The Hall–Kier alpha value is -2.23. The third-order valence-corrected chi connectivity index (χ3v) is 7.56. The lowest BCUT2D eigenvalue weighted by Crippen LogP contribution is -2.43. The Labute approximate surface area is 192 Å². The van der Waals surface area contributed by atoms with E-state index in [0.29, 0.717) is 30.4 Å². The maximum atomic E-state index is 13.5. The molecule has 1 N–H and O–H groups in total. The number of pyridine rings is 1. The number of aromatic nitrogens is 1. The van der Waals surface area contributed by atoms with Crippen molar-refractivity contribution in [3.05, 3.63) is 74.5 Å². The molecule has 0 unspecified atom stereocenters. The number of aryl methyl sites for hydroxylation is 2. The molecule has 1 saturated heterocycles. The first kappa shape index (κ1) is 22.9. The monoisotopic (exact) mass is 476 g/mol. The summed E-state index contributed by atoms with van der Waals surface area (Å²) in [5, 5.41) is 1.32. The Balaban J connectivity index is 1.74. The van der Waals surface area contributed by atoms with Crippen LogP contribution in [0.1, 0.15) is 16.7 Å². The predicted molar refractivity (Wildman–Crippen MR) is 124 cm³/mol. The van der Waals surface area contributed by atoms with Crippen molar-refractivity contribution in [2.24, 2.45) is 0 Å². The molecule has 7 nitrogen and oxygen atoms in total. The van der Waals surface area contributed by atoms with E-state index < -0.39 is 16.1 Å². The summed E-state index contributed by atoms with van der Waals surface area (Å²) in [6, 6.07) is 11.7. The van der Waals surface area contributed by atoms with Crippen LogP contribution in [0.25, 0.3) is 10.9 Å². The van der Waals surface area contributed by atoms with Crippen LogP contribution in [-0.2, 0) is 26.0 Å². The topological polar surface area (TPSA) is 88.7 Å². The fraction of sp³-hybridized carbons (Fsp3) is 0.348. The van der Waals surface area contributed by atoms with Crippen molar-refractivity contribution in [1.82, 2.24) is 9.29 Å². The minimum atomic E-state index is -3.92. The number of H-pyrrole nitrogens is 1. The molecule has 1 aliphatic heterocycles. The summed E-state index contributed by atoms with van der Waals surface area (Å²) in [6.45, 7) is 5.06. The quantitative estimate of drug-likeness (QED) is 0.589. The molecule has 32 heavy (non-hydrogen) atoms. The molecular formula is C23H25ClN2O5S. The Bertz CT molecular complexity index is 1280. The molecule has 0 saturated carbocycles. The van der Waals surface area contributed by atoms with Gasteiger partial charge in [-0.05, 0) is 61.4 Å². The van der Waals surface area contributed by atoms with Crippen molar-refractivity contribution >= 4 is 32.5 Å². The van der Waals surface area contributed by atoms with Crippen LogP contribution in [0, 0.1) is 13.8 Å². The number of fused-ring (bicyclic) bond motifs is 1. The molecule has 2 aromatic carbocycles. The number of nitrogens with one attached hydrogen (secondary N) is 1. The van der Waals surface area contributed by atoms with Gasteiger partial charge in [-0.3, -0.25) is 4.79 Å². The van der Waals surface area contributed by atoms with Crippen LogP contribution >= 0.6 is 11.6 Å². The Morgan fingerprint density at radius 2 is 1.88 bits per heavy atom. The highest BCUT2D eigenvalue weighted by Crippen LogP contribution is 2.23. The van der Waals surface area contributed by atoms with E-state index >= 15 is 0 Å². The highest BCUT2D eigenvalue weighted by molar-refractivity contribution is 7.89. The van der Waals surface area contributed by atoms with Gasteiger partial charge in [-0.2, -0.15) is 4.31 Å². The van der Waals surface area contributed by atoms with Crippen molar-refractivity contribution < 1.29 is 17.9 Å². The van der Waals surface area contributed by atoms with Crippen LogP contribution in [-0.4, -0.2) is 50.2 Å². The lowest BCUT2D eigenvalue weighted by atomic mass is 10.0. The first-order chi connectivity index (χ1) is 15.2. The molecule has 1 aliphatic rings. The van der Waals surface area contributed by atoms with Gasteiger partial charge in [0.05, 0.1) is 30.8 Å². The standard InChI is InChI=1S/C23H25ClN2O5S/c1-15-9-16(2)21-11-17(23(27)25-22(21)10-15)12-26(13-19-14-30-7-8-31-19)32(28,29)20-5-3-18(24)4-6-20/h3-6,9-11,19H,7-8,12-14H2,1-2H3,(H,25,27)/t19-/m1/s1. The van der Waals surface area contributed by atoms with Crippen molar-refractivity contribution in [1.29, 1.82) is 0 Å². The third-order valence-electron chi connectivity index (χ3n) is 5.48. The minimum Gasteiger partial charge on any atom is -0.376 e. The molecule has 0 bridgehead atoms. The summed E-state index contributed by atoms with van der Waals surface area (Å²) in [4.78, 5) is 15.8. The smallest absolute Gasteiger partial charge is 0.252 e. The second-order valence-corrected chi connectivity index (χ2v) is 10.4. The zero-order valence-electron chi connectivity index (χ0n) is 17.9. The molecule has 0 aliphatic carbocycles. The number of sulfonamides is 1. The van der Waals surface area contributed by atoms with Crippen molar-refractivity contribution in [2.45, 2.75) is 31.4 Å². The maximum absolute atomic E-state index is 13.5. The molecule has 9 heteroatoms. The van der Waals surface area contributed by atoms with Gasteiger partial charge in [0.15, 0.2) is 0 Å². The van der Waals surface area contributed by atoms with Crippen LogP contribution in [0.2, 0.25) is 5.02 Å². The van der Waals surface area contributed by atoms with Crippen molar-refractivity contribution in [3.63, 3.8) is 0 Å². The molecule has 4 rings (SSSR count). The molecular weight excluding hydrogens is 452 g/mol. The Morgan fingerprint density at radius 3 is 2.56 bits per heavy atom. The number of hydrogen-bond donors (Lipinski definition) is 1. The van der Waals surface area contributed by atoms with Gasteiger partial charge in [-0.15, -0.1) is 0 Å². The SMILES string of the molecule is Cc1cc(C)c2cc(CN(C[C@@H]3COCCO3)S(=O)(=O)c3ccc(Cl)cc3)c(=O)[nH]c2c1. The fourth-order valence-electron chi connectivity index (χ4n) is 3.90. The summed E-state index contributed by atoms with van der Waals surface area (Å²) in [5.74, 6) is 0. The van der Waals surface area contributed by atoms with Gasteiger partial charge in [0.25, 0.3) is 5.56 Å². The number of halogens is 1. The molecule has 170 valence electrons. The second-order valence-electron chi connectivity index (χ2n) is 7.99. The first-order valence-electron chi connectivity index (χ1n) is 10.3. The van der Waals surface area contributed by atoms with Gasteiger partial charge in [-0.1, -0.05) is 17.7 Å². The number of ether oxygens (including phenoxy) is 2. The number of hydrogen-bond acceptors (Lipinski definition) is 5. The van der Waals surface area contributed by atoms with E-state index in [0.717, 1.165) is 22.0 Å². The molecule has 3 aromatic rings. The van der Waals surface area contributed by atoms with E-state index in [4.69, 9.17) is 21.1 Å². The Kier molecular flexibility index (Phi) is 6.69. The van der Waals surface area contributed by atoms with E-state index in [9.17, 15) is 13.2 Å². The molecule has 1 atom stereocenters. The molecule has 0 spiro atoms. The van der Waals surface area contributed by atoms with E-state index in [1.165, 1.54) is 28.6 Å². The van der Waals surface area contributed by atoms with Gasteiger partial charge in [-0.25, -0.2) is 8.42 Å². The van der Waals surface area contributed by atoms with Crippen LogP contribution in [0.3, 0.4) is 0 Å². The lowest BCUT2D eigenvalue weighted by Gasteiger charge is -2.29. The molecule has 1 aromatic heterocycles. The molecule has 0 amide bonds. The normalized spacial score (nSPS) is 17.2. The van der Waals surface area contributed by atoms with Crippen LogP contribution < -0.4 is 5.56 Å². The van der Waals surface area contributed by atoms with Crippen LogP contribution in [0.4, 0.5) is 0 Å². The number of benzene rings is 2. The number of nitrogens with zero attached hydrogens (tertiary/aromatic N) is 1. The average molecular weight is 477 g/mol. The molecule has 1 fully saturated rings. The first-order valence-corrected chi connectivity index (χ1v) is 12.1. The van der Waals surface area contributed by atoms with Crippen LogP contribution in [0.15, 0.2) is 52.2 Å². The highest BCUT2D eigenvalue weighted by atomic mass is 35.5. The van der Waals surface area contributed by atoms with E-state index in [1.807, 2.05) is 26.0 Å². The van der Waals surface area contributed by atoms with Gasteiger partial charge in [0.2, 0.25) is 10.0 Å². The van der Waals surface area contributed by atoms with E-state index in [-0.39, 0.29) is 23.5 Å². The largest absolute Gasteiger partial charge is 0.376 e. The third kappa shape index (κ3) is 4.89. The van der Waals surface area contributed by atoms with Crippen molar-refractivity contribution in [2.75, 3.05) is 26.4 Å².